The molecule has 108 valence electrons. The highest BCUT2D eigenvalue weighted by Crippen LogP contribution is 2.36. The van der Waals surface area contributed by atoms with Gasteiger partial charge in [0.05, 0.1) is 11.2 Å². The molecule has 0 spiro atoms. The molecule has 20 heavy (non-hydrogen) atoms. The molecule has 0 saturated heterocycles. The van der Waals surface area contributed by atoms with E-state index in [0.717, 1.165) is 6.07 Å². The molecule has 6 heteroatoms. The summed E-state index contributed by atoms with van der Waals surface area (Å²) in [7, 11) is 0. The fraction of sp³-hybridized carbons (Fsp3) is 0.357. The van der Waals surface area contributed by atoms with Gasteiger partial charge < -0.3 is 5.11 Å². The van der Waals surface area contributed by atoms with Crippen molar-refractivity contribution in [2.45, 2.75) is 33.2 Å². The minimum absolute atomic E-state index is 0.173. The number of nitrogens with zero attached hydrogens (tertiary/aromatic N) is 2. The SMILES string of the molecule is Cc1c(O)c(-c2cc(F)cc(F)c2F)nn1C(C)(C)C. The molecule has 0 fully saturated rings. The summed E-state index contributed by atoms with van der Waals surface area (Å²) in [4.78, 5) is 0. The second-order valence-corrected chi connectivity index (χ2v) is 5.61. The van der Waals surface area contributed by atoms with Crippen molar-refractivity contribution in [3.05, 3.63) is 35.3 Å². The molecular formula is C14H15F3N2O. The molecule has 0 radical (unpaired) electrons. The van der Waals surface area contributed by atoms with E-state index >= 15 is 0 Å². The van der Waals surface area contributed by atoms with Crippen molar-refractivity contribution in [2.24, 2.45) is 0 Å². The van der Waals surface area contributed by atoms with Crippen LogP contribution in [0.4, 0.5) is 13.2 Å². The molecule has 0 bridgehead atoms. The highest BCUT2D eigenvalue weighted by molar-refractivity contribution is 5.68. The third kappa shape index (κ3) is 2.26. The number of aromatic nitrogens is 2. The summed E-state index contributed by atoms with van der Waals surface area (Å²) in [5.41, 5.74) is -0.627. The van der Waals surface area contributed by atoms with Crippen LogP contribution >= 0.6 is 0 Å². The van der Waals surface area contributed by atoms with Gasteiger partial charge in [0.25, 0.3) is 0 Å². The Hall–Kier alpha value is -1.98. The lowest BCUT2D eigenvalue weighted by atomic mass is 10.1. The molecule has 2 rings (SSSR count). The predicted molar refractivity (Wildman–Crippen MR) is 68.9 cm³/mol. The Morgan fingerprint density at radius 2 is 1.75 bits per heavy atom. The molecule has 0 aliphatic carbocycles. The lowest BCUT2D eigenvalue weighted by molar-refractivity contribution is 0.345. The Labute approximate surface area is 114 Å². The van der Waals surface area contributed by atoms with Gasteiger partial charge in [-0.2, -0.15) is 5.10 Å². The third-order valence-corrected chi connectivity index (χ3v) is 2.97. The third-order valence-electron chi connectivity index (χ3n) is 2.97. The highest BCUT2D eigenvalue weighted by Gasteiger charge is 2.25. The molecule has 1 N–H and O–H groups in total. The first kappa shape index (κ1) is 14.4. The Bertz CT molecular complexity index is 672. The molecule has 0 saturated carbocycles. The molecule has 1 aromatic carbocycles. The molecule has 0 atom stereocenters. The topological polar surface area (TPSA) is 38.1 Å². The monoisotopic (exact) mass is 284 g/mol. The number of rotatable bonds is 1. The fourth-order valence-corrected chi connectivity index (χ4v) is 2.06. The van der Waals surface area contributed by atoms with E-state index in [2.05, 4.69) is 5.10 Å². The molecule has 0 aliphatic rings. The lowest BCUT2D eigenvalue weighted by Gasteiger charge is -2.20. The van der Waals surface area contributed by atoms with Crippen molar-refractivity contribution in [1.29, 1.82) is 0 Å². The number of hydrogen-bond acceptors (Lipinski definition) is 2. The summed E-state index contributed by atoms with van der Waals surface area (Å²) in [6, 6.07) is 1.26. The van der Waals surface area contributed by atoms with E-state index in [9.17, 15) is 18.3 Å². The van der Waals surface area contributed by atoms with E-state index in [0.29, 0.717) is 11.8 Å². The average Bonchev–Trinajstić information content (AvgIpc) is 2.61. The van der Waals surface area contributed by atoms with Crippen LogP contribution < -0.4 is 0 Å². The number of hydrogen-bond donors (Lipinski definition) is 1. The van der Waals surface area contributed by atoms with Crippen LogP contribution in [0, 0.1) is 24.4 Å². The van der Waals surface area contributed by atoms with Crippen molar-refractivity contribution in [1.82, 2.24) is 9.78 Å². The van der Waals surface area contributed by atoms with Gasteiger partial charge in [0.1, 0.15) is 11.5 Å². The summed E-state index contributed by atoms with van der Waals surface area (Å²) in [5, 5.41) is 14.1. The number of aromatic hydroxyl groups is 1. The van der Waals surface area contributed by atoms with Crippen molar-refractivity contribution in [3.8, 4) is 17.0 Å². The second kappa shape index (κ2) is 4.54. The van der Waals surface area contributed by atoms with Crippen molar-refractivity contribution in [2.75, 3.05) is 0 Å². The fourth-order valence-electron chi connectivity index (χ4n) is 2.06. The van der Waals surface area contributed by atoms with Gasteiger partial charge >= 0.3 is 0 Å². The van der Waals surface area contributed by atoms with E-state index in [1.165, 1.54) is 4.68 Å². The quantitative estimate of drug-likeness (QED) is 0.810. The van der Waals surface area contributed by atoms with Crippen LogP contribution in [0.2, 0.25) is 0 Å². The van der Waals surface area contributed by atoms with E-state index in [-0.39, 0.29) is 11.4 Å². The first-order valence-corrected chi connectivity index (χ1v) is 6.07. The summed E-state index contributed by atoms with van der Waals surface area (Å²) in [6.07, 6.45) is 0. The van der Waals surface area contributed by atoms with Gasteiger partial charge in [0, 0.05) is 11.6 Å². The first-order valence-electron chi connectivity index (χ1n) is 6.07. The van der Waals surface area contributed by atoms with Gasteiger partial charge in [-0.3, -0.25) is 4.68 Å². The first-order chi connectivity index (χ1) is 9.12. The van der Waals surface area contributed by atoms with Crippen LogP contribution in [-0.2, 0) is 5.54 Å². The van der Waals surface area contributed by atoms with E-state index in [4.69, 9.17) is 0 Å². The highest BCUT2D eigenvalue weighted by atomic mass is 19.2. The van der Waals surface area contributed by atoms with Crippen LogP contribution in [0.3, 0.4) is 0 Å². The molecule has 1 heterocycles. The standard InChI is InChI=1S/C14H15F3N2O/c1-7-13(20)12(18-19(7)14(2,3)4)9-5-8(15)6-10(16)11(9)17/h5-6,20H,1-4H3. The Kier molecular flexibility index (Phi) is 3.28. The summed E-state index contributed by atoms with van der Waals surface area (Å²) >= 11 is 0. The molecule has 2 aromatic rings. The van der Waals surface area contributed by atoms with E-state index in [1.807, 2.05) is 20.8 Å². The van der Waals surface area contributed by atoms with E-state index < -0.39 is 28.6 Å². The van der Waals surface area contributed by atoms with Gasteiger partial charge in [-0.15, -0.1) is 0 Å². The maximum Gasteiger partial charge on any atom is 0.168 e. The predicted octanol–water partition coefficient (Wildman–Crippen LogP) is 3.74. The van der Waals surface area contributed by atoms with Crippen molar-refractivity contribution in [3.63, 3.8) is 0 Å². The van der Waals surface area contributed by atoms with Gasteiger partial charge in [-0.05, 0) is 33.8 Å². The Balaban J connectivity index is 2.72. The molecule has 0 unspecified atom stereocenters. The van der Waals surface area contributed by atoms with Crippen LogP contribution in [-0.4, -0.2) is 14.9 Å². The van der Waals surface area contributed by atoms with Gasteiger partial charge in [-0.1, -0.05) is 0 Å². The molecule has 3 nitrogen and oxygen atoms in total. The van der Waals surface area contributed by atoms with Crippen molar-refractivity contribution >= 4 is 0 Å². The minimum Gasteiger partial charge on any atom is -0.504 e. The maximum atomic E-state index is 13.8. The molecule has 0 amide bonds. The Morgan fingerprint density at radius 1 is 1.15 bits per heavy atom. The smallest absolute Gasteiger partial charge is 0.168 e. The zero-order valence-corrected chi connectivity index (χ0v) is 11.6. The summed E-state index contributed by atoms with van der Waals surface area (Å²) < 4.78 is 41.8. The molecule has 0 aliphatic heterocycles. The van der Waals surface area contributed by atoms with Crippen LogP contribution in [0.15, 0.2) is 12.1 Å². The average molecular weight is 284 g/mol. The van der Waals surface area contributed by atoms with Crippen LogP contribution in [0.5, 0.6) is 5.75 Å². The summed E-state index contributed by atoms with van der Waals surface area (Å²) in [5.74, 6) is -3.77. The number of benzene rings is 1. The summed E-state index contributed by atoms with van der Waals surface area (Å²) in [6.45, 7) is 7.14. The largest absolute Gasteiger partial charge is 0.504 e. The molecule has 1 aromatic heterocycles. The normalized spacial score (nSPS) is 11.9. The second-order valence-electron chi connectivity index (χ2n) is 5.61. The zero-order valence-electron chi connectivity index (χ0n) is 11.6. The van der Waals surface area contributed by atoms with Gasteiger partial charge in [0.2, 0.25) is 0 Å². The lowest BCUT2D eigenvalue weighted by Crippen LogP contribution is -2.24. The van der Waals surface area contributed by atoms with E-state index in [1.54, 1.807) is 6.92 Å². The van der Waals surface area contributed by atoms with Gasteiger partial charge in [0.15, 0.2) is 17.4 Å². The van der Waals surface area contributed by atoms with Crippen LogP contribution in [0.1, 0.15) is 26.5 Å². The minimum atomic E-state index is -1.32. The number of halogens is 3. The van der Waals surface area contributed by atoms with Crippen LogP contribution in [0.25, 0.3) is 11.3 Å². The van der Waals surface area contributed by atoms with Crippen molar-refractivity contribution < 1.29 is 18.3 Å². The maximum absolute atomic E-state index is 13.8. The molecular weight excluding hydrogens is 269 g/mol. The zero-order chi connectivity index (χ0) is 15.2. The van der Waals surface area contributed by atoms with Gasteiger partial charge in [-0.25, -0.2) is 13.2 Å². The Morgan fingerprint density at radius 3 is 2.25 bits per heavy atom.